The zero-order chi connectivity index (χ0) is 18.5. The van der Waals surface area contributed by atoms with Gasteiger partial charge in [-0.2, -0.15) is 0 Å². The Kier molecular flexibility index (Phi) is 7.73. The van der Waals surface area contributed by atoms with Crippen molar-refractivity contribution in [1.29, 1.82) is 0 Å². The molecule has 27 heavy (non-hydrogen) atoms. The molecule has 0 saturated carbocycles. The van der Waals surface area contributed by atoms with Crippen molar-refractivity contribution in [2.24, 2.45) is 4.99 Å². The van der Waals surface area contributed by atoms with E-state index in [1.165, 1.54) is 5.56 Å². The summed E-state index contributed by atoms with van der Waals surface area (Å²) in [7, 11) is 3.69. The number of nitrogens with one attached hydrogen (secondary N) is 1. The molecule has 1 unspecified atom stereocenters. The third kappa shape index (κ3) is 5.49. The molecule has 7 heteroatoms. The van der Waals surface area contributed by atoms with E-state index in [1.54, 1.807) is 7.05 Å². The van der Waals surface area contributed by atoms with Gasteiger partial charge < -0.3 is 24.8 Å². The van der Waals surface area contributed by atoms with Crippen LogP contribution in [-0.4, -0.2) is 43.4 Å². The van der Waals surface area contributed by atoms with E-state index in [1.807, 2.05) is 61.3 Å². The molecule has 1 atom stereocenters. The minimum Gasteiger partial charge on any atom is -0.454 e. The zero-order valence-corrected chi connectivity index (χ0v) is 18.1. The second-order valence-corrected chi connectivity index (χ2v) is 6.40. The van der Waals surface area contributed by atoms with Crippen LogP contribution >= 0.6 is 24.0 Å². The molecule has 0 amide bonds. The van der Waals surface area contributed by atoms with E-state index in [0.29, 0.717) is 19.0 Å². The third-order valence-corrected chi connectivity index (χ3v) is 4.35. The summed E-state index contributed by atoms with van der Waals surface area (Å²) in [5, 5.41) is 13.6. The molecule has 146 valence electrons. The molecule has 0 aliphatic carbocycles. The Labute approximate surface area is 177 Å². The smallest absolute Gasteiger partial charge is 0.231 e. The van der Waals surface area contributed by atoms with Gasteiger partial charge in [-0.15, -0.1) is 24.0 Å². The lowest BCUT2D eigenvalue weighted by atomic mass is 10.1. The van der Waals surface area contributed by atoms with Crippen molar-refractivity contribution in [1.82, 2.24) is 10.2 Å². The number of rotatable bonds is 5. The SMILES string of the molecule is CN=C(NCC(O)c1ccc(C)cc1)N(C)Cc1ccc2c(c1)OCO2.I. The van der Waals surface area contributed by atoms with Crippen LogP contribution in [0.15, 0.2) is 47.5 Å². The highest BCUT2D eigenvalue weighted by atomic mass is 127. The van der Waals surface area contributed by atoms with Crippen LogP contribution in [0.2, 0.25) is 0 Å². The van der Waals surface area contributed by atoms with E-state index >= 15 is 0 Å². The van der Waals surface area contributed by atoms with Gasteiger partial charge in [0.1, 0.15) is 0 Å². The first-order valence-corrected chi connectivity index (χ1v) is 8.62. The Hall–Kier alpha value is -2.00. The number of ether oxygens (including phenoxy) is 2. The highest BCUT2D eigenvalue weighted by Crippen LogP contribution is 2.32. The summed E-state index contributed by atoms with van der Waals surface area (Å²) in [5.41, 5.74) is 3.16. The van der Waals surface area contributed by atoms with Gasteiger partial charge in [0, 0.05) is 27.2 Å². The predicted molar refractivity (Wildman–Crippen MR) is 117 cm³/mol. The predicted octanol–water partition coefficient (Wildman–Crippen LogP) is 3.08. The van der Waals surface area contributed by atoms with Crippen LogP contribution in [0, 0.1) is 6.92 Å². The van der Waals surface area contributed by atoms with Crippen molar-refractivity contribution in [2.75, 3.05) is 27.4 Å². The van der Waals surface area contributed by atoms with Crippen LogP contribution in [-0.2, 0) is 6.54 Å². The highest BCUT2D eigenvalue weighted by molar-refractivity contribution is 14.0. The van der Waals surface area contributed by atoms with Crippen molar-refractivity contribution >= 4 is 29.9 Å². The van der Waals surface area contributed by atoms with Gasteiger partial charge in [-0.05, 0) is 30.2 Å². The number of aliphatic imine (C=N–C) groups is 1. The van der Waals surface area contributed by atoms with E-state index in [9.17, 15) is 5.11 Å². The lowest BCUT2D eigenvalue weighted by molar-refractivity contribution is 0.174. The molecule has 1 aliphatic heterocycles. The quantitative estimate of drug-likeness (QED) is 0.389. The molecule has 2 aromatic rings. The summed E-state index contributed by atoms with van der Waals surface area (Å²) >= 11 is 0. The van der Waals surface area contributed by atoms with Gasteiger partial charge in [0.15, 0.2) is 17.5 Å². The topological polar surface area (TPSA) is 66.3 Å². The molecule has 0 saturated heterocycles. The average Bonchev–Trinajstić information content (AvgIpc) is 3.10. The van der Waals surface area contributed by atoms with Crippen LogP contribution < -0.4 is 14.8 Å². The molecule has 1 aliphatic rings. The van der Waals surface area contributed by atoms with E-state index in [2.05, 4.69) is 10.3 Å². The number of hydrogen-bond donors (Lipinski definition) is 2. The summed E-state index contributed by atoms with van der Waals surface area (Å²) in [6.45, 7) is 3.36. The maximum absolute atomic E-state index is 10.4. The largest absolute Gasteiger partial charge is 0.454 e. The fourth-order valence-electron chi connectivity index (χ4n) is 2.87. The van der Waals surface area contributed by atoms with Crippen LogP contribution in [0.4, 0.5) is 0 Å². The number of guanidine groups is 1. The van der Waals surface area contributed by atoms with Gasteiger partial charge in [0.2, 0.25) is 6.79 Å². The van der Waals surface area contributed by atoms with Crippen molar-refractivity contribution in [3.05, 3.63) is 59.2 Å². The van der Waals surface area contributed by atoms with E-state index in [4.69, 9.17) is 9.47 Å². The first-order valence-electron chi connectivity index (χ1n) is 8.62. The first-order chi connectivity index (χ1) is 12.6. The number of fused-ring (bicyclic) bond motifs is 1. The van der Waals surface area contributed by atoms with Gasteiger partial charge >= 0.3 is 0 Å². The molecule has 0 bridgehead atoms. The highest BCUT2D eigenvalue weighted by Gasteiger charge is 2.15. The summed E-state index contributed by atoms with van der Waals surface area (Å²) in [4.78, 5) is 6.30. The molecule has 2 aromatic carbocycles. The number of aryl methyl sites for hydroxylation is 1. The summed E-state index contributed by atoms with van der Waals surface area (Å²) in [5.74, 6) is 2.27. The minimum atomic E-state index is -0.591. The standard InChI is InChI=1S/C20H25N3O3.HI/c1-14-4-7-16(8-5-14)17(24)11-22-20(21-2)23(3)12-15-6-9-18-19(10-15)26-13-25-18;/h4-10,17,24H,11-13H2,1-3H3,(H,21,22);1H. The maximum Gasteiger partial charge on any atom is 0.231 e. The van der Waals surface area contributed by atoms with Crippen molar-refractivity contribution < 1.29 is 14.6 Å². The lowest BCUT2D eigenvalue weighted by Crippen LogP contribution is -2.40. The molecule has 0 spiro atoms. The van der Waals surface area contributed by atoms with Crippen LogP contribution in [0.1, 0.15) is 22.8 Å². The number of benzene rings is 2. The normalized spacial score (nSPS) is 13.7. The summed E-state index contributed by atoms with van der Waals surface area (Å²) < 4.78 is 10.8. The molecule has 0 fully saturated rings. The average molecular weight is 483 g/mol. The fraction of sp³-hybridized carbons (Fsp3) is 0.350. The second-order valence-electron chi connectivity index (χ2n) is 6.40. The molecular weight excluding hydrogens is 457 g/mol. The number of aliphatic hydroxyl groups is 1. The van der Waals surface area contributed by atoms with Crippen LogP contribution in [0.5, 0.6) is 11.5 Å². The first kappa shape index (κ1) is 21.3. The number of halogens is 1. The Bertz CT molecular complexity index is 781. The Balaban J connectivity index is 0.00000261. The Morgan fingerprint density at radius 1 is 1.19 bits per heavy atom. The van der Waals surface area contributed by atoms with Gasteiger partial charge in [-0.1, -0.05) is 35.9 Å². The number of aliphatic hydroxyl groups excluding tert-OH is 1. The van der Waals surface area contributed by atoms with Crippen LogP contribution in [0.25, 0.3) is 0 Å². The molecule has 2 N–H and O–H groups in total. The fourth-order valence-corrected chi connectivity index (χ4v) is 2.87. The lowest BCUT2D eigenvalue weighted by Gasteiger charge is -2.23. The number of hydrogen-bond acceptors (Lipinski definition) is 4. The van der Waals surface area contributed by atoms with E-state index in [-0.39, 0.29) is 30.8 Å². The third-order valence-electron chi connectivity index (χ3n) is 4.35. The maximum atomic E-state index is 10.4. The molecule has 0 aromatic heterocycles. The van der Waals surface area contributed by atoms with E-state index in [0.717, 1.165) is 22.6 Å². The van der Waals surface area contributed by atoms with Gasteiger partial charge in [0.25, 0.3) is 0 Å². The van der Waals surface area contributed by atoms with E-state index < -0.39 is 6.10 Å². The number of nitrogens with zero attached hydrogens (tertiary/aromatic N) is 2. The molecule has 0 radical (unpaired) electrons. The van der Waals surface area contributed by atoms with Crippen molar-refractivity contribution in [3.8, 4) is 11.5 Å². The monoisotopic (exact) mass is 483 g/mol. The summed E-state index contributed by atoms with van der Waals surface area (Å²) in [6.07, 6.45) is -0.591. The molecular formula is C20H26IN3O3. The van der Waals surface area contributed by atoms with Crippen molar-refractivity contribution in [3.63, 3.8) is 0 Å². The Morgan fingerprint density at radius 3 is 2.59 bits per heavy atom. The second kappa shape index (κ2) is 9.80. The minimum absolute atomic E-state index is 0. The van der Waals surface area contributed by atoms with Gasteiger partial charge in [0.05, 0.1) is 6.10 Å². The molecule has 3 rings (SSSR count). The summed E-state index contributed by atoms with van der Waals surface area (Å²) in [6, 6.07) is 13.8. The van der Waals surface area contributed by atoms with Gasteiger partial charge in [-0.25, -0.2) is 0 Å². The van der Waals surface area contributed by atoms with Crippen molar-refractivity contribution in [2.45, 2.75) is 19.6 Å². The zero-order valence-electron chi connectivity index (χ0n) is 15.8. The molecule has 6 nitrogen and oxygen atoms in total. The molecule has 1 heterocycles. The Morgan fingerprint density at radius 2 is 1.89 bits per heavy atom. The van der Waals surface area contributed by atoms with Crippen LogP contribution in [0.3, 0.4) is 0 Å². The van der Waals surface area contributed by atoms with Gasteiger partial charge in [-0.3, -0.25) is 4.99 Å².